The molecule has 1 saturated heterocycles. The molecule has 0 spiro atoms. The standard InChI is InChI=1S/C24H29N5O/c1-27(2)23-16-22(20-10-6-7-11-21(20)25-23)26-24(30)18-29-14-12-28(13-15-29)17-19-8-4-3-5-9-19/h3-11,16H,12-15,17-18H2,1-2H3,(H,25,26,30)/p+3. The highest BCUT2D eigenvalue weighted by molar-refractivity contribution is 6.01. The Morgan fingerprint density at radius 3 is 2.37 bits per heavy atom. The number of anilines is 2. The number of pyridine rings is 1. The molecule has 0 radical (unpaired) electrons. The minimum atomic E-state index is 0.0811. The third-order valence-corrected chi connectivity index (χ3v) is 5.89. The summed E-state index contributed by atoms with van der Waals surface area (Å²) in [6.45, 7) is 5.85. The molecule has 0 saturated carbocycles. The number of aromatic nitrogens is 1. The quantitative estimate of drug-likeness (QED) is 0.524. The highest BCUT2D eigenvalue weighted by Gasteiger charge is 2.25. The molecule has 0 atom stereocenters. The Morgan fingerprint density at radius 1 is 0.967 bits per heavy atom. The van der Waals surface area contributed by atoms with E-state index >= 15 is 0 Å². The van der Waals surface area contributed by atoms with Crippen LogP contribution >= 0.6 is 0 Å². The monoisotopic (exact) mass is 406 g/mol. The van der Waals surface area contributed by atoms with Gasteiger partial charge in [-0.25, -0.2) is 4.98 Å². The topological polar surface area (TPSA) is 55.4 Å². The van der Waals surface area contributed by atoms with Crippen LogP contribution in [0.5, 0.6) is 0 Å². The highest BCUT2D eigenvalue weighted by atomic mass is 16.2. The molecule has 1 aromatic heterocycles. The fourth-order valence-electron chi connectivity index (χ4n) is 4.18. The van der Waals surface area contributed by atoms with Crippen molar-refractivity contribution in [2.24, 2.45) is 0 Å². The summed E-state index contributed by atoms with van der Waals surface area (Å²) in [5, 5.41) is 4.20. The largest absolute Gasteiger partial charge is 0.322 e. The van der Waals surface area contributed by atoms with Gasteiger partial charge in [-0.2, -0.15) is 0 Å². The number of H-pyrrole nitrogens is 1. The normalized spacial score (nSPS) is 18.9. The molecule has 30 heavy (non-hydrogen) atoms. The Bertz CT molecular complexity index is 997. The van der Waals surface area contributed by atoms with Crippen LogP contribution in [0, 0.1) is 0 Å². The first-order valence-electron chi connectivity index (χ1n) is 10.7. The number of quaternary nitrogens is 2. The first-order valence-corrected chi connectivity index (χ1v) is 10.7. The van der Waals surface area contributed by atoms with Gasteiger partial charge in [-0.15, -0.1) is 0 Å². The molecule has 1 aliphatic heterocycles. The van der Waals surface area contributed by atoms with E-state index in [0.29, 0.717) is 6.54 Å². The maximum atomic E-state index is 12.8. The van der Waals surface area contributed by atoms with Gasteiger partial charge in [0.2, 0.25) is 0 Å². The van der Waals surface area contributed by atoms with Crippen molar-refractivity contribution >= 4 is 28.3 Å². The SMILES string of the molecule is CN(C)c1cc(NC(=O)C[NH+]2CC[NH+](Cc3ccccc3)CC2)c2ccccc2[nH+]1. The summed E-state index contributed by atoms with van der Waals surface area (Å²) in [4.78, 5) is 21.2. The van der Waals surface area contributed by atoms with Crippen molar-refractivity contribution in [2.75, 3.05) is 57.0 Å². The van der Waals surface area contributed by atoms with E-state index in [9.17, 15) is 4.79 Å². The molecule has 0 aliphatic carbocycles. The smallest absolute Gasteiger partial charge is 0.279 e. The van der Waals surface area contributed by atoms with Gasteiger partial charge in [-0.1, -0.05) is 42.5 Å². The lowest BCUT2D eigenvalue weighted by Crippen LogP contribution is -3.28. The molecule has 0 bridgehead atoms. The summed E-state index contributed by atoms with van der Waals surface area (Å²) in [6.07, 6.45) is 0. The Morgan fingerprint density at radius 2 is 1.63 bits per heavy atom. The van der Waals surface area contributed by atoms with Crippen molar-refractivity contribution < 1.29 is 19.6 Å². The summed E-state index contributed by atoms with van der Waals surface area (Å²) in [5.41, 5.74) is 3.27. The Kier molecular flexibility index (Phi) is 6.26. The van der Waals surface area contributed by atoms with E-state index < -0.39 is 0 Å². The molecule has 1 fully saturated rings. The summed E-state index contributed by atoms with van der Waals surface area (Å²) < 4.78 is 0. The number of benzene rings is 2. The van der Waals surface area contributed by atoms with Crippen molar-refractivity contribution in [3.05, 3.63) is 66.2 Å². The number of carbonyl (C=O) groups excluding carboxylic acids is 1. The van der Waals surface area contributed by atoms with Crippen molar-refractivity contribution in [2.45, 2.75) is 6.54 Å². The minimum absolute atomic E-state index is 0.0811. The second kappa shape index (κ2) is 9.24. The molecule has 6 nitrogen and oxygen atoms in total. The number of carbonyl (C=O) groups is 1. The second-order valence-electron chi connectivity index (χ2n) is 8.40. The van der Waals surface area contributed by atoms with Crippen LogP contribution in [0.2, 0.25) is 0 Å². The zero-order chi connectivity index (χ0) is 20.9. The molecule has 0 unspecified atom stereocenters. The predicted octanol–water partition coefficient (Wildman–Crippen LogP) is -0.358. The predicted molar refractivity (Wildman–Crippen MR) is 120 cm³/mol. The van der Waals surface area contributed by atoms with Gasteiger partial charge in [0.15, 0.2) is 6.54 Å². The van der Waals surface area contributed by atoms with Crippen molar-refractivity contribution in [3.63, 3.8) is 0 Å². The van der Waals surface area contributed by atoms with Crippen molar-refractivity contribution in [1.29, 1.82) is 0 Å². The van der Waals surface area contributed by atoms with Gasteiger partial charge in [0.05, 0.1) is 25.8 Å². The van der Waals surface area contributed by atoms with Gasteiger partial charge in [0.25, 0.3) is 11.7 Å². The van der Waals surface area contributed by atoms with Crippen molar-refractivity contribution in [3.8, 4) is 0 Å². The van der Waals surface area contributed by atoms with E-state index in [4.69, 9.17) is 0 Å². The van der Waals surface area contributed by atoms with Crippen LogP contribution in [0.3, 0.4) is 0 Å². The second-order valence-corrected chi connectivity index (χ2v) is 8.40. The molecule has 4 N–H and O–H groups in total. The lowest BCUT2D eigenvalue weighted by Gasteiger charge is -2.29. The van der Waals surface area contributed by atoms with Crippen LogP contribution in [-0.4, -0.2) is 52.7 Å². The fraction of sp³-hybridized carbons (Fsp3) is 0.333. The molecule has 6 heteroatoms. The molecule has 1 amide bonds. The number of amides is 1. The van der Waals surface area contributed by atoms with E-state index in [0.717, 1.165) is 55.1 Å². The van der Waals surface area contributed by atoms with E-state index in [2.05, 4.69) is 40.6 Å². The molecule has 4 rings (SSSR count). The van der Waals surface area contributed by atoms with Gasteiger partial charge in [0, 0.05) is 10.9 Å². The molecule has 2 aromatic carbocycles. The van der Waals surface area contributed by atoms with Crippen LogP contribution in [0.15, 0.2) is 60.7 Å². The number of nitrogens with zero attached hydrogens (tertiary/aromatic N) is 1. The number of rotatable bonds is 6. The Labute approximate surface area is 178 Å². The molecular weight excluding hydrogens is 374 g/mol. The van der Waals surface area contributed by atoms with E-state index in [1.165, 1.54) is 10.5 Å². The first-order chi connectivity index (χ1) is 14.6. The summed E-state index contributed by atoms with van der Waals surface area (Å²) in [6, 6.07) is 20.8. The average molecular weight is 407 g/mol. The molecular formula is C24H32N5O+3. The van der Waals surface area contributed by atoms with Gasteiger partial charge in [-0.05, 0) is 12.1 Å². The third kappa shape index (κ3) is 4.96. The van der Waals surface area contributed by atoms with E-state index in [-0.39, 0.29) is 5.91 Å². The molecule has 3 aromatic rings. The number of fused-ring (bicyclic) bond motifs is 1. The van der Waals surface area contributed by atoms with Crippen molar-refractivity contribution in [1.82, 2.24) is 0 Å². The zero-order valence-electron chi connectivity index (χ0n) is 17.9. The summed E-state index contributed by atoms with van der Waals surface area (Å²) >= 11 is 0. The Balaban J connectivity index is 1.35. The highest BCUT2D eigenvalue weighted by Crippen LogP contribution is 2.23. The maximum Gasteiger partial charge on any atom is 0.279 e. The number of piperazine rings is 1. The van der Waals surface area contributed by atoms with Crippen LogP contribution in [-0.2, 0) is 11.3 Å². The molecule has 156 valence electrons. The number of nitrogens with one attached hydrogen (secondary N) is 4. The van der Waals surface area contributed by atoms with Crippen LogP contribution in [0.4, 0.5) is 11.5 Å². The summed E-state index contributed by atoms with van der Waals surface area (Å²) in [7, 11) is 3.99. The minimum Gasteiger partial charge on any atom is -0.322 e. The lowest BCUT2D eigenvalue weighted by atomic mass is 10.1. The van der Waals surface area contributed by atoms with Crippen LogP contribution in [0.25, 0.3) is 10.9 Å². The first kappa shape index (κ1) is 20.3. The average Bonchev–Trinajstić information content (AvgIpc) is 2.75. The molecule has 1 aliphatic rings. The number of hydrogen-bond donors (Lipinski definition) is 3. The van der Waals surface area contributed by atoms with Gasteiger partial charge in [-0.3, -0.25) is 9.69 Å². The number of para-hydroxylation sites is 1. The lowest BCUT2D eigenvalue weighted by molar-refractivity contribution is -1.02. The maximum absolute atomic E-state index is 12.8. The number of aromatic amines is 1. The van der Waals surface area contributed by atoms with E-state index in [1.54, 1.807) is 4.90 Å². The zero-order valence-corrected chi connectivity index (χ0v) is 17.9. The van der Waals surface area contributed by atoms with Crippen LogP contribution < -0.4 is 25.0 Å². The van der Waals surface area contributed by atoms with Gasteiger partial charge >= 0.3 is 0 Å². The van der Waals surface area contributed by atoms with Crippen LogP contribution in [0.1, 0.15) is 5.56 Å². The third-order valence-electron chi connectivity index (χ3n) is 5.89. The van der Waals surface area contributed by atoms with Gasteiger partial charge < -0.3 is 15.1 Å². The number of hydrogen-bond acceptors (Lipinski definition) is 2. The summed E-state index contributed by atoms with van der Waals surface area (Å²) in [5.74, 6) is 1.05. The van der Waals surface area contributed by atoms with Gasteiger partial charge in [0.1, 0.15) is 38.2 Å². The fourth-order valence-corrected chi connectivity index (χ4v) is 4.18. The Hall–Kier alpha value is -2.96. The van der Waals surface area contributed by atoms with E-state index in [1.807, 2.05) is 49.3 Å². The molecule has 2 heterocycles.